The molecule has 4 radical (unpaired) electrons. The Labute approximate surface area is 202 Å². The molecule has 0 aromatic carbocycles. The SMILES string of the molecule is C=C(CC(=O)[O-])C(=O)[O-].C=C(CC(=O)[O-])C(=O)[O-].C=C(CC(=O)[O-])C(=O)[O-].[Bi+3].[Bi+3]. The summed E-state index contributed by atoms with van der Waals surface area (Å²) < 4.78 is 0. The summed E-state index contributed by atoms with van der Waals surface area (Å²) in [5.41, 5.74) is -1.43. The Morgan fingerprint density at radius 3 is 0.621 bits per heavy atom. The van der Waals surface area contributed by atoms with Gasteiger partial charge in [-0.15, -0.1) is 0 Å². The summed E-state index contributed by atoms with van der Waals surface area (Å²) in [7, 11) is 0. The average molecular weight is 802 g/mol. The predicted octanol–water partition coefficient (Wildman–Crippen LogP) is -8.46. The monoisotopic (exact) mass is 802 g/mol. The summed E-state index contributed by atoms with van der Waals surface area (Å²) in [6.45, 7) is 8.73. The van der Waals surface area contributed by atoms with E-state index in [9.17, 15) is 59.4 Å². The number of hydrogen-bond donors (Lipinski definition) is 0. The van der Waals surface area contributed by atoms with E-state index in [-0.39, 0.29) is 52.4 Å². The Kier molecular flexibility index (Phi) is 26.6. The molecule has 0 atom stereocenters. The zero-order chi connectivity index (χ0) is 22.3. The second kappa shape index (κ2) is 20.5. The van der Waals surface area contributed by atoms with Gasteiger partial charge in [0.15, 0.2) is 0 Å². The summed E-state index contributed by atoms with van der Waals surface area (Å²) in [6.07, 6.45) is -2.03. The molecular formula is C15H12Bi2O12. The van der Waals surface area contributed by atoms with Crippen molar-refractivity contribution in [3.8, 4) is 0 Å². The van der Waals surface area contributed by atoms with Crippen LogP contribution in [-0.2, 0) is 28.8 Å². The third-order valence-corrected chi connectivity index (χ3v) is 1.94. The smallest absolute Gasteiger partial charge is 0.550 e. The molecule has 14 heteroatoms. The topological polar surface area (TPSA) is 241 Å². The quantitative estimate of drug-likeness (QED) is 0.156. The van der Waals surface area contributed by atoms with E-state index in [4.69, 9.17) is 0 Å². The van der Waals surface area contributed by atoms with Crippen molar-refractivity contribution in [1.82, 2.24) is 0 Å². The van der Waals surface area contributed by atoms with Crippen LogP contribution in [0.3, 0.4) is 0 Å². The van der Waals surface area contributed by atoms with E-state index < -0.39 is 71.8 Å². The third kappa shape index (κ3) is 30.8. The van der Waals surface area contributed by atoms with E-state index in [2.05, 4.69) is 19.7 Å². The molecule has 0 amide bonds. The van der Waals surface area contributed by atoms with Crippen molar-refractivity contribution >= 4 is 88.2 Å². The molecule has 0 aromatic rings. The Bertz CT molecular complexity index is 576. The fraction of sp³-hybridized carbons (Fsp3) is 0.200. The van der Waals surface area contributed by atoms with Gasteiger partial charge in [-0.05, 0) is 16.7 Å². The van der Waals surface area contributed by atoms with Crippen molar-refractivity contribution in [2.45, 2.75) is 19.3 Å². The first kappa shape index (κ1) is 37.5. The van der Waals surface area contributed by atoms with Gasteiger partial charge in [0, 0.05) is 37.2 Å². The first-order chi connectivity index (χ1) is 12.1. The van der Waals surface area contributed by atoms with Gasteiger partial charge in [0.25, 0.3) is 0 Å². The second-order valence-corrected chi connectivity index (χ2v) is 4.32. The van der Waals surface area contributed by atoms with Crippen LogP contribution in [0.5, 0.6) is 0 Å². The van der Waals surface area contributed by atoms with E-state index >= 15 is 0 Å². The molecule has 0 aliphatic carbocycles. The van der Waals surface area contributed by atoms with Gasteiger partial charge in [0.1, 0.15) is 0 Å². The zero-order valence-corrected chi connectivity index (χ0v) is 21.5. The number of rotatable bonds is 9. The molecule has 0 aromatic heterocycles. The molecule has 0 saturated carbocycles. The zero-order valence-electron chi connectivity index (χ0n) is 14.5. The molecule has 0 saturated heterocycles. The van der Waals surface area contributed by atoms with Crippen LogP contribution >= 0.6 is 0 Å². The molecule has 0 fully saturated rings. The number of carboxylic acid groups (broad SMARTS) is 6. The van der Waals surface area contributed by atoms with Gasteiger partial charge in [0.05, 0.1) is 17.9 Å². The second-order valence-electron chi connectivity index (χ2n) is 4.32. The summed E-state index contributed by atoms with van der Waals surface area (Å²) in [5, 5.41) is 58.2. The third-order valence-electron chi connectivity index (χ3n) is 1.94. The van der Waals surface area contributed by atoms with Crippen molar-refractivity contribution in [1.29, 1.82) is 0 Å². The van der Waals surface area contributed by atoms with Crippen LogP contribution in [0.2, 0.25) is 0 Å². The fourth-order valence-corrected chi connectivity index (χ4v) is 0.739. The maximum Gasteiger partial charge on any atom is 3.00 e. The molecule has 0 unspecified atom stereocenters. The van der Waals surface area contributed by atoms with Gasteiger partial charge in [-0.3, -0.25) is 0 Å². The maximum absolute atomic E-state index is 9.73. The fourth-order valence-electron chi connectivity index (χ4n) is 0.739. The van der Waals surface area contributed by atoms with Crippen molar-refractivity contribution in [3.05, 3.63) is 36.5 Å². The molecule has 12 nitrogen and oxygen atoms in total. The number of carbonyl (C=O) groups is 6. The minimum absolute atomic E-state index is 0. The summed E-state index contributed by atoms with van der Waals surface area (Å²) in [4.78, 5) is 58.2. The Morgan fingerprint density at radius 1 is 0.448 bits per heavy atom. The first-order valence-electron chi connectivity index (χ1n) is 6.38. The maximum atomic E-state index is 9.73. The minimum atomic E-state index is -1.56. The molecule has 0 aliphatic rings. The van der Waals surface area contributed by atoms with Gasteiger partial charge >= 0.3 is 52.4 Å². The van der Waals surface area contributed by atoms with Crippen molar-refractivity contribution in [2.24, 2.45) is 0 Å². The normalized spacial score (nSPS) is 7.86. The molecule has 0 rings (SSSR count). The van der Waals surface area contributed by atoms with E-state index in [1.54, 1.807) is 0 Å². The standard InChI is InChI=1S/3C5H6O4.2Bi/c3*1-3(5(8)9)2-4(6)7;;/h3*1-2H2,(H,6,7)(H,8,9);;/q;;;2*+3/p-6. The van der Waals surface area contributed by atoms with Crippen LogP contribution in [0.15, 0.2) is 36.5 Å². The minimum Gasteiger partial charge on any atom is -0.550 e. The molecule has 0 heterocycles. The molecule has 154 valence electrons. The van der Waals surface area contributed by atoms with Crippen molar-refractivity contribution in [3.63, 3.8) is 0 Å². The molecule has 29 heavy (non-hydrogen) atoms. The molecule has 0 N–H and O–H groups in total. The van der Waals surface area contributed by atoms with Gasteiger partial charge in [-0.25, -0.2) is 0 Å². The van der Waals surface area contributed by atoms with Crippen molar-refractivity contribution in [2.75, 3.05) is 0 Å². The molecule has 0 bridgehead atoms. The summed E-state index contributed by atoms with van der Waals surface area (Å²) >= 11 is 0. The Hall–Kier alpha value is -2.19. The van der Waals surface area contributed by atoms with Gasteiger partial charge in [0.2, 0.25) is 0 Å². The average Bonchev–Trinajstić information content (AvgIpc) is 2.46. The van der Waals surface area contributed by atoms with Gasteiger partial charge in [-0.1, -0.05) is 19.7 Å². The first-order valence-corrected chi connectivity index (χ1v) is 6.38. The van der Waals surface area contributed by atoms with Crippen LogP contribution in [0, 0.1) is 0 Å². The Balaban J connectivity index is -0.0000000960. The number of aliphatic carboxylic acids is 6. The summed E-state index contributed by atoms with van der Waals surface area (Å²) in [5.74, 6) is -9.07. The van der Waals surface area contributed by atoms with E-state index in [1.807, 2.05) is 0 Å². The van der Waals surface area contributed by atoms with Gasteiger partial charge in [-0.2, -0.15) is 0 Å². The van der Waals surface area contributed by atoms with Gasteiger partial charge < -0.3 is 59.4 Å². The van der Waals surface area contributed by atoms with Crippen LogP contribution < -0.4 is 30.6 Å². The Morgan fingerprint density at radius 2 is 0.586 bits per heavy atom. The number of carbonyl (C=O) groups excluding carboxylic acids is 6. The largest absolute Gasteiger partial charge is 3.00 e. The van der Waals surface area contributed by atoms with Crippen LogP contribution in [-0.4, -0.2) is 88.2 Å². The van der Waals surface area contributed by atoms with Crippen LogP contribution in [0.25, 0.3) is 0 Å². The number of hydrogen-bond acceptors (Lipinski definition) is 12. The molecular weight excluding hydrogens is 790 g/mol. The van der Waals surface area contributed by atoms with E-state index in [0.717, 1.165) is 0 Å². The van der Waals surface area contributed by atoms with E-state index in [0.29, 0.717) is 0 Å². The molecule has 0 aliphatic heterocycles. The van der Waals surface area contributed by atoms with E-state index in [1.165, 1.54) is 0 Å². The molecule has 0 spiro atoms. The van der Waals surface area contributed by atoms with Crippen LogP contribution in [0.1, 0.15) is 19.3 Å². The number of carboxylic acids is 6. The predicted molar refractivity (Wildman–Crippen MR) is 82.8 cm³/mol. The summed E-state index contributed by atoms with van der Waals surface area (Å²) in [6, 6.07) is 0. The van der Waals surface area contributed by atoms with Crippen molar-refractivity contribution < 1.29 is 59.4 Å². The van der Waals surface area contributed by atoms with Crippen LogP contribution in [0.4, 0.5) is 0 Å².